The molecular formula is C15H20FNO4. The fourth-order valence-electron chi connectivity index (χ4n) is 1.69. The zero-order valence-electron chi connectivity index (χ0n) is 12.4. The van der Waals surface area contributed by atoms with Crippen LogP contribution in [0.5, 0.6) is 5.75 Å². The second-order valence-corrected chi connectivity index (χ2v) is 5.43. The van der Waals surface area contributed by atoms with Gasteiger partial charge in [0.25, 0.3) is 0 Å². The number of halogens is 1. The largest absolute Gasteiger partial charge is 0.494 e. The number of ether oxygens (including phenoxy) is 1. The van der Waals surface area contributed by atoms with E-state index in [0.29, 0.717) is 12.0 Å². The van der Waals surface area contributed by atoms with Gasteiger partial charge in [0.1, 0.15) is 0 Å². The van der Waals surface area contributed by atoms with E-state index in [-0.39, 0.29) is 24.6 Å². The van der Waals surface area contributed by atoms with E-state index < -0.39 is 17.2 Å². The number of carbonyl (C=O) groups excluding carboxylic acids is 1. The highest BCUT2D eigenvalue weighted by molar-refractivity contribution is 5.78. The van der Waals surface area contributed by atoms with Gasteiger partial charge >= 0.3 is 5.97 Å². The van der Waals surface area contributed by atoms with Crippen molar-refractivity contribution in [3.8, 4) is 5.75 Å². The van der Waals surface area contributed by atoms with Crippen molar-refractivity contribution in [3.05, 3.63) is 29.6 Å². The Balaban J connectivity index is 2.48. The Bertz CT molecular complexity index is 528. The Morgan fingerprint density at radius 1 is 1.38 bits per heavy atom. The highest BCUT2D eigenvalue weighted by atomic mass is 19.1. The van der Waals surface area contributed by atoms with Crippen LogP contribution in [0, 0.1) is 11.2 Å². The average Bonchev–Trinajstić information content (AvgIpc) is 2.38. The van der Waals surface area contributed by atoms with Gasteiger partial charge in [-0.2, -0.15) is 0 Å². The van der Waals surface area contributed by atoms with Crippen molar-refractivity contribution in [2.45, 2.75) is 26.7 Å². The fraction of sp³-hybridized carbons (Fsp3) is 0.467. The third-order valence-corrected chi connectivity index (χ3v) is 3.23. The van der Waals surface area contributed by atoms with E-state index in [1.165, 1.54) is 19.2 Å². The van der Waals surface area contributed by atoms with E-state index in [9.17, 15) is 14.0 Å². The van der Waals surface area contributed by atoms with Crippen LogP contribution in [-0.4, -0.2) is 30.6 Å². The molecule has 0 atom stereocenters. The maximum Gasteiger partial charge on any atom is 0.309 e. The number of methoxy groups -OCH3 is 1. The van der Waals surface area contributed by atoms with Crippen LogP contribution < -0.4 is 10.1 Å². The summed E-state index contributed by atoms with van der Waals surface area (Å²) >= 11 is 0. The number of aliphatic carboxylic acids is 1. The average molecular weight is 297 g/mol. The number of hydrogen-bond acceptors (Lipinski definition) is 3. The summed E-state index contributed by atoms with van der Waals surface area (Å²) in [6, 6.07) is 4.33. The molecule has 0 fully saturated rings. The maximum atomic E-state index is 13.5. The molecule has 1 amide bonds. The predicted octanol–water partition coefficient (Wildman–Crippen LogP) is 1.99. The topological polar surface area (TPSA) is 75.6 Å². The number of carboxylic acids is 1. The molecule has 5 nitrogen and oxygen atoms in total. The number of carboxylic acid groups (broad SMARTS) is 1. The first-order chi connectivity index (χ1) is 9.76. The number of rotatable bonds is 7. The molecule has 1 rings (SSSR count). The molecule has 0 saturated heterocycles. The highest BCUT2D eigenvalue weighted by Crippen LogP contribution is 2.20. The second kappa shape index (κ2) is 7.06. The lowest BCUT2D eigenvalue weighted by Crippen LogP contribution is -2.32. The Morgan fingerprint density at radius 2 is 2.05 bits per heavy atom. The van der Waals surface area contributed by atoms with Gasteiger partial charge < -0.3 is 15.2 Å². The summed E-state index contributed by atoms with van der Waals surface area (Å²) in [5.74, 6) is -1.58. The van der Waals surface area contributed by atoms with Gasteiger partial charge in [-0.3, -0.25) is 9.59 Å². The molecule has 2 N–H and O–H groups in total. The first-order valence-corrected chi connectivity index (χ1v) is 6.59. The van der Waals surface area contributed by atoms with Gasteiger partial charge in [0.15, 0.2) is 11.6 Å². The molecule has 0 heterocycles. The number of hydrogen-bond donors (Lipinski definition) is 2. The van der Waals surface area contributed by atoms with Crippen molar-refractivity contribution in [2.24, 2.45) is 5.41 Å². The first kappa shape index (κ1) is 16.9. The monoisotopic (exact) mass is 297 g/mol. The Labute approximate surface area is 123 Å². The van der Waals surface area contributed by atoms with Crippen LogP contribution in [0.4, 0.5) is 4.39 Å². The van der Waals surface area contributed by atoms with Crippen LogP contribution >= 0.6 is 0 Å². The first-order valence-electron chi connectivity index (χ1n) is 6.59. The zero-order chi connectivity index (χ0) is 16.0. The van der Waals surface area contributed by atoms with Crippen molar-refractivity contribution in [1.29, 1.82) is 0 Å². The summed E-state index contributed by atoms with van der Waals surface area (Å²) in [5, 5.41) is 11.6. The molecule has 0 bridgehead atoms. The SMILES string of the molecule is COc1ccc(CC(=O)NCCC(C)(C)C(=O)O)cc1F. The summed E-state index contributed by atoms with van der Waals surface area (Å²) in [7, 11) is 1.37. The van der Waals surface area contributed by atoms with E-state index in [2.05, 4.69) is 5.32 Å². The Kier molecular flexibility index (Phi) is 5.69. The maximum absolute atomic E-state index is 13.5. The van der Waals surface area contributed by atoms with Gasteiger partial charge in [0.2, 0.25) is 5.91 Å². The lowest BCUT2D eigenvalue weighted by molar-refractivity contribution is -0.147. The number of carbonyl (C=O) groups is 2. The lowest BCUT2D eigenvalue weighted by atomic mass is 9.90. The Hall–Kier alpha value is -2.11. The summed E-state index contributed by atoms with van der Waals surface area (Å²) in [6.07, 6.45) is 0.361. The highest BCUT2D eigenvalue weighted by Gasteiger charge is 2.26. The van der Waals surface area contributed by atoms with Gasteiger partial charge in [-0.15, -0.1) is 0 Å². The van der Waals surface area contributed by atoms with E-state index >= 15 is 0 Å². The molecule has 0 aliphatic carbocycles. The molecule has 0 radical (unpaired) electrons. The number of nitrogens with one attached hydrogen (secondary N) is 1. The van der Waals surface area contributed by atoms with E-state index in [1.807, 2.05) is 0 Å². The van der Waals surface area contributed by atoms with Gasteiger partial charge in [-0.25, -0.2) is 4.39 Å². The van der Waals surface area contributed by atoms with Crippen LogP contribution in [-0.2, 0) is 16.0 Å². The molecule has 1 aromatic carbocycles. The van der Waals surface area contributed by atoms with E-state index in [1.54, 1.807) is 19.9 Å². The van der Waals surface area contributed by atoms with Crippen LogP contribution in [0.2, 0.25) is 0 Å². The van der Waals surface area contributed by atoms with Crippen LogP contribution in [0.3, 0.4) is 0 Å². The van der Waals surface area contributed by atoms with Gasteiger partial charge in [-0.05, 0) is 38.0 Å². The minimum Gasteiger partial charge on any atom is -0.494 e. The smallest absolute Gasteiger partial charge is 0.309 e. The van der Waals surface area contributed by atoms with Crippen molar-refractivity contribution >= 4 is 11.9 Å². The second-order valence-electron chi connectivity index (χ2n) is 5.43. The summed E-state index contributed by atoms with van der Waals surface area (Å²) in [6.45, 7) is 3.46. The molecule has 116 valence electrons. The van der Waals surface area contributed by atoms with Gasteiger partial charge in [0, 0.05) is 6.54 Å². The normalized spacial score (nSPS) is 11.0. The van der Waals surface area contributed by atoms with Crippen LogP contribution in [0.25, 0.3) is 0 Å². The van der Waals surface area contributed by atoms with Crippen molar-refractivity contribution < 1.29 is 23.8 Å². The third-order valence-electron chi connectivity index (χ3n) is 3.23. The number of benzene rings is 1. The predicted molar refractivity (Wildman–Crippen MR) is 75.7 cm³/mol. The quantitative estimate of drug-likeness (QED) is 0.807. The summed E-state index contributed by atoms with van der Waals surface area (Å²) in [4.78, 5) is 22.6. The molecule has 0 unspecified atom stereocenters. The van der Waals surface area contributed by atoms with Gasteiger partial charge in [0.05, 0.1) is 18.9 Å². The van der Waals surface area contributed by atoms with E-state index in [0.717, 1.165) is 0 Å². The molecule has 0 aliphatic heterocycles. The minimum absolute atomic E-state index is 0.0361. The molecule has 0 spiro atoms. The van der Waals surface area contributed by atoms with Crippen LogP contribution in [0.1, 0.15) is 25.8 Å². The zero-order valence-corrected chi connectivity index (χ0v) is 12.4. The fourth-order valence-corrected chi connectivity index (χ4v) is 1.69. The lowest BCUT2D eigenvalue weighted by Gasteiger charge is -2.18. The van der Waals surface area contributed by atoms with Crippen LogP contribution in [0.15, 0.2) is 18.2 Å². The molecule has 1 aromatic rings. The standard InChI is InChI=1S/C15H20FNO4/c1-15(2,14(19)20)6-7-17-13(18)9-10-4-5-12(21-3)11(16)8-10/h4-5,8H,6-7,9H2,1-3H3,(H,17,18)(H,19,20). The molecule has 0 aromatic heterocycles. The molecular weight excluding hydrogens is 277 g/mol. The van der Waals surface area contributed by atoms with Gasteiger partial charge in [-0.1, -0.05) is 6.07 Å². The number of amides is 1. The minimum atomic E-state index is -0.908. The van der Waals surface area contributed by atoms with Crippen molar-refractivity contribution in [1.82, 2.24) is 5.32 Å². The third kappa shape index (κ3) is 5.06. The summed E-state index contributed by atoms with van der Waals surface area (Å²) < 4.78 is 18.3. The summed E-state index contributed by atoms with van der Waals surface area (Å²) in [5.41, 5.74) is -0.359. The molecule has 0 saturated carbocycles. The van der Waals surface area contributed by atoms with Crippen molar-refractivity contribution in [3.63, 3.8) is 0 Å². The Morgan fingerprint density at radius 3 is 2.57 bits per heavy atom. The van der Waals surface area contributed by atoms with Crippen molar-refractivity contribution in [2.75, 3.05) is 13.7 Å². The molecule has 6 heteroatoms. The van der Waals surface area contributed by atoms with E-state index in [4.69, 9.17) is 9.84 Å². The molecule has 21 heavy (non-hydrogen) atoms. The molecule has 0 aliphatic rings.